The van der Waals surface area contributed by atoms with Gasteiger partial charge in [0.05, 0.1) is 0 Å². The minimum Gasteiger partial charge on any atom is -0.480 e. The lowest BCUT2D eigenvalue weighted by Gasteiger charge is -2.21. The number of nitrogens with zero attached hydrogens (tertiary/aromatic N) is 1. The van der Waals surface area contributed by atoms with E-state index in [9.17, 15) is 14.7 Å². The first-order chi connectivity index (χ1) is 9.54. The number of hydrogen-bond acceptors (Lipinski definition) is 2. The molecule has 0 bridgehead atoms. The minimum absolute atomic E-state index is 0.180. The summed E-state index contributed by atoms with van der Waals surface area (Å²) >= 11 is 0. The summed E-state index contributed by atoms with van der Waals surface area (Å²) in [7, 11) is 0. The number of carboxylic acid groups (broad SMARTS) is 1. The van der Waals surface area contributed by atoms with Gasteiger partial charge in [-0.2, -0.15) is 0 Å². The zero-order chi connectivity index (χ0) is 14.3. The molecule has 1 saturated heterocycles. The number of carbonyl (C=O) groups excluding carboxylic acids is 1. The second kappa shape index (κ2) is 4.62. The van der Waals surface area contributed by atoms with Crippen LogP contribution in [0.5, 0.6) is 0 Å². The van der Waals surface area contributed by atoms with Crippen molar-refractivity contribution in [3.8, 4) is 0 Å². The van der Waals surface area contributed by atoms with Crippen LogP contribution in [0.15, 0.2) is 24.3 Å². The summed E-state index contributed by atoms with van der Waals surface area (Å²) in [5.41, 5.74) is 1.43. The van der Waals surface area contributed by atoms with Crippen LogP contribution in [-0.2, 0) is 9.59 Å². The normalized spacial score (nSPS) is 23.6. The molecule has 0 radical (unpaired) electrons. The molecule has 2 aliphatic rings. The molecule has 106 valence electrons. The lowest BCUT2D eigenvalue weighted by molar-refractivity contribution is -0.152. The van der Waals surface area contributed by atoms with E-state index in [0.717, 1.165) is 6.42 Å². The summed E-state index contributed by atoms with van der Waals surface area (Å²) in [5.74, 6) is -0.798. The van der Waals surface area contributed by atoms with E-state index in [0.29, 0.717) is 31.8 Å². The molecule has 1 N–H and O–H groups in total. The third kappa shape index (κ3) is 1.99. The van der Waals surface area contributed by atoms with Crippen LogP contribution in [0.2, 0.25) is 0 Å². The number of aliphatic carboxylic acids is 1. The number of likely N-dealkylation sites (tertiary alicyclic amines) is 1. The smallest absolute Gasteiger partial charge is 0.319 e. The molecule has 1 heterocycles. The van der Waals surface area contributed by atoms with Crippen molar-refractivity contribution < 1.29 is 14.7 Å². The summed E-state index contributed by atoms with van der Waals surface area (Å²) < 4.78 is 0. The fourth-order valence-electron chi connectivity index (χ4n) is 3.19. The third-order valence-electron chi connectivity index (χ3n) is 4.67. The van der Waals surface area contributed by atoms with E-state index in [-0.39, 0.29) is 5.91 Å². The monoisotopic (exact) mass is 273 g/mol. The number of carbonyl (C=O) groups is 2. The van der Waals surface area contributed by atoms with Crippen molar-refractivity contribution >= 4 is 11.9 Å². The van der Waals surface area contributed by atoms with E-state index in [4.69, 9.17) is 0 Å². The maximum Gasteiger partial charge on any atom is 0.319 e. The number of carboxylic acids is 1. The molecule has 4 heteroatoms. The van der Waals surface area contributed by atoms with Crippen molar-refractivity contribution in [3.63, 3.8) is 0 Å². The highest BCUT2D eigenvalue weighted by atomic mass is 16.4. The Labute approximate surface area is 118 Å². The Kier molecular flexibility index (Phi) is 3.04. The Morgan fingerprint density at radius 3 is 2.60 bits per heavy atom. The summed E-state index contributed by atoms with van der Waals surface area (Å²) in [6, 6.07) is 8.23. The van der Waals surface area contributed by atoms with Crippen LogP contribution in [0.25, 0.3) is 0 Å². The topological polar surface area (TPSA) is 57.6 Å². The highest BCUT2D eigenvalue weighted by Crippen LogP contribution is 2.48. The first-order valence-electron chi connectivity index (χ1n) is 7.13. The molecule has 0 aromatic heterocycles. The molecular weight excluding hydrogens is 254 g/mol. The summed E-state index contributed by atoms with van der Waals surface area (Å²) in [4.78, 5) is 25.4. The van der Waals surface area contributed by atoms with Crippen LogP contribution in [0, 0.1) is 12.3 Å². The minimum atomic E-state index is -1.10. The second-order valence-corrected chi connectivity index (χ2v) is 5.98. The molecule has 1 saturated carbocycles. The van der Waals surface area contributed by atoms with Crippen molar-refractivity contribution in [1.82, 2.24) is 4.90 Å². The van der Waals surface area contributed by atoms with E-state index in [1.165, 1.54) is 11.1 Å². The van der Waals surface area contributed by atoms with Gasteiger partial charge in [0.15, 0.2) is 0 Å². The predicted molar refractivity (Wildman–Crippen MR) is 74.4 cm³/mol. The molecule has 1 aliphatic heterocycles. The van der Waals surface area contributed by atoms with Gasteiger partial charge in [-0.05, 0) is 37.3 Å². The van der Waals surface area contributed by atoms with E-state index >= 15 is 0 Å². The van der Waals surface area contributed by atoms with Crippen molar-refractivity contribution in [2.24, 2.45) is 5.41 Å². The molecule has 2 fully saturated rings. The zero-order valence-corrected chi connectivity index (χ0v) is 11.6. The van der Waals surface area contributed by atoms with E-state index in [1.807, 2.05) is 12.1 Å². The van der Waals surface area contributed by atoms with E-state index in [2.05, 4.69) is 19.1 Å². The van der Waals surface area contributed by atoms with Gasteiger partial charge in [0, 0.05) is 19.0 Å². The van der Waals surface area contributed by atoms with Gasteiger partial charge in [-0.25, -0.2) is 0 Å². The molecule has 20 heavy (non-hydrogen) atoms. The van der Waals surface area contributed by atoms with Crippen LogP contribution >= 0.6 is 0 Å². The lowest BCUT2D eigenvalue weighted by atomic mass is 9.94. The average molecular weight is 273 g/mol. The van der Waals surface area contributed by atoms with Crippen LogP contribution in [0.1, 0.15) is 36.3 Å². The maximum atomic E-state index is 12.4. The molecule has 1 atom stereocenters. The first-order valence-corrected chi connectivity index (χ1v) is 7.13. The predicted octanol–water partition coefficient (Wildman–Crippen LogP) is 2.18. The van der Waals surface area contributed by atoms with Gasteiger partial charge < -0.3 is 10.0 Å². The van der Waals surface area contributed by atoms with Crippen molar-refractivity contribution in [2.75, 3.05) is 13.1 Å². The van der Waals surface area contributed by atoms with Crippen molar-refractivity contribution in [2.45, 2.75) is 32.1 Å². The van der Waals surface area contributed by atoms with Crippen molar-refractivity contribution in [3.05, 3.63) is 35.4 Å². The number of aryl methyl sites for hydroxylation is 1. The standard InChI is InChI=1S/C16H19NO3/c1-11-4-2-3-5-13(11)12-6-9-17(10-12)14(18)16(7-8-16)15(19)20/h2-5,12H,6-10H2,1H3,(H,19,20). The van der Waals surface area contributed by atoms with Gasteiger partial charge in [-0.1, -0.05) is 24.3 Å². The Bertz CT molecular complexity index is 563. The van der Waals surface area contributed by atoms with E-state index in [1.54, 1.807) is 4.90 Å². The van der Waals surface area contributed by atoms with Crippen LogP contribution in [0.3, 0.4) is 0 Å². The zero-order valence-electron chi connectivity index (χ0n) is 11.6. The summed E-state index contributed by atoms with van der Waals surface area (Å²) in [6.07, 6.45) is 1.91. The van der Waals surface area contributed by atoms with Gasteiger partial charge in [-0.15, -0.1) is 0 Å². The molecule has 1 aromatic rings. The number of rotatable bonds is 3. The van der Waals surface area contributed by atoms with Crippen LogP contribution in [0.4, 0.5) is 0 Å². The molecule has 3 rings (SSSR count). The summed E-state index contributed by atoms with van der Waals surface area (Å²) in [6.45, 7) is 3.41. The lowest BCUT2D eigenvalue weighted by Crippen LogP contribution is -2.39. The number of hydrogen-bond donors (Lipinski definition) is 1. The van der Waals surface area contributed by atoms with Crippen molar-refractivity contribution in [1.29, 1.82) is 0 Å². The highest BCUT2D eigenvalue weighted by molar-refractivity contribution is 6.04. The Morgan fingerprint density at radius 2 is 2.00 bits per heavy atom. The molecule has 1 aromatic carbocycles. The summed E-state index contributed by atoms with van der Waals surface area (Å²) in [5, 5.41) is 9.21. The molecule has 1 aliphatic carbocycles. The number of benzene rings is 1. The molecule has 4 nitrogen and oxygen atoms in total. The van der Waals surface area contributed by atoms with Gasteiger partial charge >= 0.3 is 5.97 Å². The highest BCUT2D eigenvalue weighted by Gasteiger charge is 2.59. The van der Waals surface area contributed by atoms with Crippen LogP contribution in [-0.4, -0.2) is 35.0 Å². The maximum absolute atomic E-state index is 12.4. The fourth-order valence-corrected chi connectivity index (χ4v) is 3.19. The SMILES string of the molecule is Cc1ccccc1C1CCN(C(=O)C2(C(=O)O)CC2)C1. The molecular formula is C16H19NO3. The number of amides is 1. The second-order valence-electron chi connectivity index (χ2n) is 5.98. The van der Waals surface area contributed by atoms with E-state index < -0.39 is 11.4 Å². The molecule has 1 amide bonds. The Balaban J connectivity index is 1.73. The molecule has 1 unspecified atom stereocenters. The van der Waals surface area contributed by atoms with Gasteiger partial charge in [0.2, 0.25) is 5.91 Å². The van der Waals surface area contributed by atoms with Crippen LogP contribution < -0.4 is 0 Å². The average Bonchev–Trinajstić information content (AvgIpc) is 3.11. The Morgan fingerprint density at radius 1 is 1.30 bits per heavy atom. The third-order valence-corrected chi connectivity index (χ3v) is 4.67. The first kappa shape index (κ1) is 13.2. The quantitative estimate of drug-likeness (QED) is 0.859. The largest absolute Gasteiger partial charge is 0.480 e. The van der Waals surface area contributed by atoms with Gasteiger partial charge in [-0.3, -0.25) is 9.59 Å². The Hall–Kier alpha value is -1.84. The van der Waals surface area contributed by atoms with Gasteiger partial charge in [0.1, 0.15) is 5.41 Å². The van der Waals surface area contributed by atoms with Gasteiger partial charge in [0.25, 0.3) is 0 Å². The molecule has 0 spiro atoms. The fraction of sp³-hybridized carbons (Fsp3) is 0.500.